The van der Waals surface area contributed by atoms with Crippen molar-refractivity contribution in [3.8, 4) is 0 Å². The molecule has 2 atom stereocenters. The zero-order valence-electron chi connectivity index (χ0n) is 28.1. The van der Waals surface area contributed by atoms with Gasteiger partial charge in [0.05, 0.1) is 22.9 Å². The summed E-state index contributed by atoms with van der Waals surface area (Å²) in [6.07, 6.45) is 7.71. The van der Waals surface area contributed by atoms with Crippen molar-refractivity contribution in [2.24, 2.45) is 0 Å². The third-order valence-electron chi connectivity index (χ3n) is 11.2. The van der Waals surface area contributed by atoms with Gasteiger partial charge in [-0.15, -0.1) is 34.9 Å². The number of pyridine rings is 1. The van der Waals surface area contributed by atoms with Gasteiger partial charge in [-0.3, -0.25) is 14.3 Å². The van der Waals surface area contributed by atoms with Crippen LogP contribution in [0.4, 0.5) is 0 Å². The smallest absolute Gasteiger partial charge is 0.336 e. The summed E-state index contributed by atoms with van der Waals surface area (Å²) in [5, 5.41) is 12.8. The summed E-state index contributed by atoms with van der Waals surface area (Å²) in [7, 11) is 0. The van der Waals surface area contributed by atoms with Crippen LogP contribution in [0.5, 0.6) is 0 Å². The summed E-state index contributed by atoms with van der Waals surface area (Å²) in [6.45, 7) is 11.7. The number of rotatable bonds is 6. The summed E-state index contributed by atoms with van der Waals surface area (Å²) < 4.78 is 6.46. The average molecular weight is 816 g/mol. The van der Waals surface area contributed by atoms with Crippen LogP contribution in [0.15, 0.2) is 116 Å². The molecule has 0 aliphatic carbocycles. The maximum atomic E-state index is 5.67. The van der Waals surface area contributed by atoms with Gasteiger partial charge in [-0.25, -0.2) is 0 Å². The Bertz CT molecular complexity index is 2460. The Balaban J connectivity index is 0.00000348. The molecule has 1 aliphatic heterocycles. The first-order valence-electron chi connectivity index (χ1n) is 16.5. The maximum absolute atomic E-state index is 5.67. The first-order chi connectivity index (χ1) is 23.2. The van der Waals surface area contributed by atoms with E-state index in [9.17, 15) is 0 Å². The molecule has 0 radical (unpaired) electrons. The van der Waals surface area contributed by atoms with Gasteiger partial charge in [-0.1, -0.05) is 56.7 Å². The van der Waals surface area contributed by atoms with Gasteiger partial charge < -0.3 is 4.40 Å². The van der Waals surface area contributed by atoms with E-state index >= 15 is 0 Å². The number of fused-ring (bicyclic) bond motifs is 3. The van der Waals surface area contributed by atoms with Crippen molar-refractivity contribution in [3.63, 3.8) is 0 Å². The summed E-state index contributed by atoms with van der Waals surface area (Å²) in [4.78, 5) is 5.67. The van der Waals surface area contributed by atoms with E-state index in [0.29, 0.717) is 0 Å². The van der Waals surface area contributed by atoms with Gasteiger partial charge in [0, 0.05) is 46.8 Å². The van der Waals surface area contributed by atoms with Crippen molar-refractivity contribution < 1.29 is 20.1 Å². The molecule has 1 unspecified atom stereocenters. The molecule has 0 bridgehead atoms. The molecule has 8 aromatic rings. The topological polar surface area (TPSA) is 52.9 Å². The number of hydrogen-bond acceptors (Lipinski definition) is 3. The molecule has 0 fully saturated rings. The van der Waals surface area contributed by atoms with E-state index in [0.717, 1.165) is 38.8 Å². The second-order valence-electron chi connectivity index (χ2n) is 14.1. The van der Waals surface area contributed by atoms with E-state index in [1.54, 1.807) is 0 Å². The summed E-state index contributed by atoms with van der Waals surface area (Å²) in [5.41, 5.74) is 7.47. The molecule has 5 heterocycles. The van der Waals surface area contributed by atoms with Gasteiger partial charge in [0.25, 0.3) is 0 Å². The number of para-hydroxylation sites is 1. The summed E-state index contributed by atoms with van der Waals surface area (Å²) >= 11 is 0. The molecular weight excluding hydrogens is 781 g/mol. The van der Waals surface area contributed by atoms with Crippen molar-refractivity contribution in [2.45, 2.75) is 57.0 Å². The van der Waals surface area contributed by atoms with Crippen molar-refractivity contribution in [2.75, 3.05) is 0 Å². The van der Waals surface area contributed by atoms with Crippen molar-refractivity contribution in [1.29, 1.82) is 0 Å². The maximum Gasteiger partial charge on any atom is 3.00 e. The van der Waals surface area contributed by atoms with Gasteiger partial charge in [0.2, 0.25) is 0 Å². The number of imidazole rings is 1. The van der Waals surface area contributed by atoms with E-state index < -0.39 is 5.54 Å². The fourth-order valence-corrected chi connectivity index (χ4v) is 7.98. The van der Waals surface area contributed by atoms with Crippen molar-refractivity contribution >= 4 is 27.3 Å². The Morgan fingerprint density at radius 1 is 0.735 bits per heavy atom. The average Bonchev–Trinajstić information content (AvgIpc) is 3.91. The molecule has 49 heavy (non-hydrogen) atoms. The number of hydrogen-bond donors (Lipinski definition) is 0. The van der Waals surface area contributed by atoms with Crippen molar-refractivity contribution in [3.05, 3.63) is 168 Å². The van der Waals surface area contributed by atoms with Crippen LogP contribution in [0, 0.1) is 18.2 Å². The molecule has 242 valence electrons. The normalized spacial score (nSPS) is 16.5. The molecule has 0 amide bonds. The first kappa shape index (κ1) is 31.4. The van der Waals surface area contributed by atoms with Gasteiger partial charge in [0.1, 0.15) is 0 Å². The van der Waals surface area contributed by atoms with E-state index in [1.807, 2.05) is 70.5 Å². The van der Waals surface area contributed by atoms with Crippen LogP contribution in [0.3, 0.4) is 0 Å². The fourth-order valence-electron chi connectivity index (χ4n) is 7.98. The predicted octanol–water partition coefficient (Wildman–Crippen LogP) is 8.45. The Labute approximate surface area is 299 Å². The quantitative estimate of drug-likeness (QED) is 0.125. The second kappa shape index (κ2) is 11.1. The van der Waals surface area contributed by atoms with Crippen LogP contribution in [0.25, 0.3) is 27.3 Å². The Kier molecular flexibility index (Phi) is 7.11. The number of nitrogens with zero attached hydrogens (tertiary/aromatic N) is 6. The molecule has 6 nitrogen and oxygen atoms in total. The number of aromatic nitrogens is 6. The third kappa shape index (κ3) is 4.25. The monoisotopic (exact) mass is 816 g/mol. The minimum Gasteiger partial charge on any atom is -0.336 e. The summed E-state index contributed by atoms with van der Waals surface area (Å²) in [6, 6.07) is 42.1. The summed E-state index contributed by atoms with van der Waals surface area (Å²) in [5.74, 6) is 0. The van der Waals surface area contributed by atoms with E-state index in [1.165, 1.54) is 22.2 Å². The largest absolute Gasteiger partial charge is 3.00 e. The van der Waals surface area contributed by atoms with Crippen LogP contribution >= 0.6 is 0 Å². The third-order valence-corrected chi connectivity index (χ3v) is 11.2. The van der Waals surface area contributed by atoms with Gasteiger partial charge in [-0.05, 0) is 30.0 Å². The Morgan fingerprint density at radius 3 is 2.20 bits per heavy atom. The van der Waals surface area contributed by atoms with E-state index in [2.05, 4.69) is 112 Å². The minimum atomic E-state index is -0.653. The molecule has 0 spiro atoms. The molecule has 4 aromatic heterocycles. The molecule has 7 heteroatoms. The second-order valence-corrected chi connectivity index (χ2v) is 14.1. The fraction of sp³-hybridized carbons (Fsp3) is 0.214. The minimum absolute atomic E-state index is 0. The molecule has 0 N–H and O–H groups in total. The molecule has 9 rings (SSSR count). The Morgan fingerprint density at radius 2 is 1.51 bits per heavy atom. The Hall–Kier alpha value is -4.84. The first-order valence-corrected chi connectivity index (χ1v) is 16.5. The van der Waals surface area contributed by atoms with Crippen LogP contribution < -0.4 is 0 Å². The SMILES string of the molecule is CC(c1[c-]cccc1)(c1[c-]c2c(cc1)c1cccc3c1n1c(c([C@@H](c4[c-]cccc4)n4cccn4)nc21)C(C)(C)C3(C)C)n1cccn1.[Ir+3]. The predicted molar refractivity (Wildman–Crippen MR) is 189 cm³/mol. The van der Waals surface area contributed by atoms with Crippen LogP contribution in [-0.2, 0) is 36.5 Å². The number of benzene rings is 4. The van der Waals surface area contributed by atoms with Crippen LogP contribution in [0.1, 0.15) is 74.3 Å². The zero-order valence-corrected chi connectivity index (χ0v) is 30.5. The van der Waals surface area contributed by atoms with Gasteiger partial charge in [-0.2, -0.15) is 70.9 Å². The molecule has 1 aliphatic rings. The van der Waals surface area contributed by atoms with E-state index in [-0.39, 0.29) is 37.0 Å². The van der Waals surface area contributed by atoms with E-state index in [4.69, 9.17) is 15.2 Å². The molecule has 0 saturated carbocycles. The van der Waals surface area contributed by atoms with Gasteiger partial charge in [0.15, 0.2) is 0 Å². The van der Waals surface area contributed by atoms with Gasteiger partial charge >= 0.3 is 20.1 Å². The van der Waals surface area contributed by atoms with Crippen LogP contribution in [-0.4, -0.2) is 28.9 Å². The molecule has 0 saturated heterocycles. The molecule has 4 aromatic carbocycles. The zero-order chi connectivity index (χ0) is 32.8. The standard InChI is InChI=1S/C42H35N6.Ir/c1-40(2)34-20-12-19-32-31-22-21-30(42(5,47-26-14-24-44-47)29-17-10-7-11-18-29)27-33(31)39-45-35(38(41(40,3)4)48(39)37(32)34)36(46-25-13-23-43-46)28-15-8-6-9-16-28;/h6-15,17,19-26,36H,1-5H3;/q-3;+3/t36-,42?;/m1./s1. The van der Waals surface area contributed by atoms with Crippen molar-refractivity contribution in [1.82, 2.24) is 28.9 Å². The molecular formula is C42H35IrN6. The van der Waals surface area contributed by atoms with Crippen LogP contribution in [0.2, 0.25) is 0 Å².